The third-order valence-electron chi connectivity index (χ3n) is 3.64. The van der Waals surface area contributed by atoms with Crippen LogP contribution in [-0.2, 0) is 11.3 Å². The lowest BCUT2D eigenvalue weighted by molar-refractivity contribution is 0.0443. The number of hydrogen-bond acceptors (Lipinski definition) is 5. The van der Waals surface area contributed by atoms with Crippen LogP contribution in [0, 0.1) is 0 Å². The molecule has 3 rings (SSSR count). The fraction of sp³-hybridized carbons (Fsp3) is 0.538. The second-order valence-corrected chi connectivity index (χ2v) is 6.09. The summed E-state index contributed by atoms with van der Waals surface area (Å²) in [6, 6.07) is 1.88. The minimum absolute atomic E-state index is 0.0473. The largest absolute Gasteiger partial charge is 0.381 e. The topological polar surface area (TPSA) is 67.0 Å². The molecule has 5 nitrogen and oxygen atoms in total. The van der Waals surface area contributed by atoms with E-state index in [2.05, 4.69) is 22.2 Å². The standard InChI is InChI=1S/C13H17N3O2S/c1-13(3-5-18-6-4-13)14-8-10-15-9-2-7-19-11(9)12(17)16-10/h2,7,14H,3-6,8H2,1H3,(H,15,16,17). The van der Waals surface area contributed by atoms with E-state index in [1.165, 1.54) is 11.3 Å². The normalized spacial score (nSPS) is 18.8. The highest BCUT2D eigenvalue weighted by atomic mass is 32.1. The van der Waals surface area contributed by atoms with Crippen molar-refractivity contribution in [2.45, 2.75) is 31.8 Å². The lowest BCUT2D eigenvalue weighted by Crippen LogP contribution is -2.46. The maximum absolute atomic E-state index is 11.9. The fourth-order valence-electron chi connectivity index (χ4n) is 2.30. The highest BCUT2D eigenvalue weighted by Crippen LogP contribution is 2.20. The van der Waals surface area contributed by atoms with Gasteiger partial charge in [0.1, 0.15) is 10.5 Å². The van der Waals surface area contributed by atoms with Crippen LogP contribution in [0.4, 0.5) is 0 Å². The van der Waals surface area contributed by atoms with Crippen LogP contribution < -0.4 is 10.9 Å². The molecule has 0 radical (unpaired) electrons. The molecule has 102 valence electrons. The number of aromatic nitrogens is 2. The Balaban J connectivity index is 1.76. The zero-order valence-corrected chi connectivity index (χ0v) is 11.7. The molecule has 2 aromatic heterocycles. The van der Waals surface area contributed by atoms with Crippen molar-refractivity contribution in [2.75, 3.05) is 13.2 Å². The number of ether oxygens (including phenoxy) is 1. The first-order valence-electron chi connectivity index (χ1n) is 6.45. The smallest absolute Gasteiger partial charge is 0.268 e. The second kappa shape index (κ2) is 5.03. The molecule has 0 spiro atoms. The van der Waals surface area contributed by atoms with E-state index in [4.69, 9.17) is 4.74 Å². The Morgan fingerprint density at radius 1 is 1.53 bits per heavy atom. The molecule has 6 heteroatoms. The maximum atomic E-state index is 11.9. The van der Waals surface area contributed by atoms with Gasteiger partial charge in [-0.05, 0) is 31.2 Å². The van der Waals surface area contributed by atoms with Gasteiger partial charge in [-0.2, -0.15) is 0 Å². The molecule has 3 heterocycles. The Labute approximate surface area is 115 Å². The Kier molecular flexibility index (Phi) is 3.38. The molecule has 0 aromatic carbocycles. The fourth-order valence-corrected chi connectivity index (χ4v) is 3.03. The van der Waals surface area contributed by atoms with Gasteiger partial charge in [-0.25, -0.2) is 4.98 Å². The van der Waals surface area contributed by atoms with Crippen LogP contribution in [0.1, 0.15) is 25.6 Å². The minimum Gasteiger partial charge on any atom is -0.381 e. The second-order valence-electron chi connectivity index (χ2n) is 5.17. The highest BCUT2D eigenvalue weighted by Gasteiger charge is 2.26. The molecule has 1 fully saturated rings. The Morgan fingerprint density at radius 2 is 2.32 bits per heavy atom. The molecule has 0 bridgehead atoms. The predicted octanol–water partition coefficient (Wildman–Crippen LogP) is 1.64. The molecule has 0 unspecified atom stereocenters. The summed E-state index contributed by atoms with van der Waals surface area (Å²) in [6.07, 6.45) is 1.97. The van der Waals surface area contributed by atoms with E-state index in [1.54, 1.807) is 0 Å². The Bertz CT molecular complexity index is 628. The number of nitrogens with one attached hydrogen (secondary N) is 2. The molecule has 1 aliphatic rings. The zero-order chi connectivity index (χ0) is 13.3. The number of H-pyrrole nitrogens is 1. The number of thiophene rings is 1. The van der Waals surface area contributed by atoms with Gasteiger partial charge in [-0.3, -0.25) is 4.79 Å². The lowest BCUT2D eigenvalue weighted by atomic mass is 9.92. The third-order valence-corrected chi connectivity index (χ3v) is 4.55. The van der Waals surface area contributed by atoms with Crippen molar-refractivity contribution in [3.8, 4) is 0 Å². The first kappa shape index (κ1) is 12.8. The summed E-state index contributed by atoms with van der Waals surface area (Å²) in [5.41, 5.74) is 0.803. The average molecular weight is 279 g/mol. The number of aromatic amines is 1. The van der Waals surface area contributed by atoms with Gasteiger partial charge in [0.15, 0.2) is 0 Å². The average Bonchev–Trinajstić information content (AvgIpc) is 2.86. The molecule has 0 atom stereocenters. The van der Waals surface area contributed by atoms with Gasteiger partial charge < -0.3 is 15.0 Å². The van der Waals surface area contributed by atoms with E-state index in [9.17, 15) is 4.79 Å². The zero-order valence-electron chi connectivity index (χ0n) is 10.9. The van der Waals surface area contributed by atoms with Gasteiger partial charge in [0.25, 0.3) is 5.56 Å². The summed E-state index contributed by atoms with van der Waals surface area (Å²) in [7, 11) is 0. The first-order valence-corrected chi connectivity index (χ1v) is 7.33. The summed E-state index contributed by atoms with van der Waals surface area (Å²) in [4.78, 5) is 19.2. The third kappa shape index (κ3) is 2.70. The monoisotopic (exact) mass is 279 g/mol. The van der Waals surface area contributed by atoms with Gasteiger partial charge in [0, 0.05) is 18.8 Å². The van der Waals surface area contributed by atoms with Crippen molar-refractivity contribution in [3.05, 3.63) is 27.6 Å². The van der Waals surface area contributed by atoms with Gasteiger partial charge in [0.2, 0.25) is 0 Å². The maximum Gasteiger partial charge on any atom is 0.268 e. The molecule has 1 saturated heterocycles. The molecule has 19 heavy (non-hydrogen) atoms. The van der Waals surface area contributed by atoms with Crippen LogP contribution >= 0.6 is 11.3 Å². The Morgan fingerprint density at radius 3 is 3.11 bits per heavy atom. The molecular weight excluding hydrogens is 262 g/mol. The SMILES string of the molecule is CC1(NCc2nc3ccsc3c(=O)[nH]2)CCOCC1. The van der Waals surface area contributed by atoms with Crippen molar-refractivity contribution in [3.63, 3.8) is 0 Å². The molecule has 0 amide bonds. The summed E-state index contributed by atoms with van der Waals surface area (Å²) in [6.45, 7) is 4.35. The lowest BCUT2D eigenvalue weighted by Gasteiger charge is -2.34. The van der Waals surface area contributed by atoms with E-state index >= 15 is 0 Å². The quantitative estimate of drug-likeness (QED) is 0.896. The minimum atomic E-state index is -0.0473. The van der Waals surface area contributed by atoms with Crippen molar-refractivity contribution in [1.82, 2.24) is 15.3 Å². The van der Waals surface area contributed by atoms with Gasteiger partial charge >= 0.3 is 0 Å². The number of rotatable bonds is 3. The molecule has 0 saturated carbocycles. The number of hydrogen-bond donors (Lipinski definition) is 2. The van der Waals surface area contributed by atoms with E-state index < -0.39 is 0 Å². The van der Waals surface area contributed by atoms with E-state index in [1.807, 2.05) is 11.4 Å². The van der Waals surface area contributed by atoms with E-state index in [0.29, 0.717) is 17.1 Å². The van der Waals surface area contributed by atoms with Crippen LogP contribution in [0.2, 0.25) is 0 Å². The van der Waals surface area contributed by atoms with Crippen LogP contribution in [0.15, 0.2) is 16.2 Å². The van der Waals surface area contributed by atoms with Crippen molar-refractivity contribution < 1.29 is 4.74 Å². The van der Waals surface area contributed by atoms with Crippen molar-refractivity contribution >= 4 is 21.6 Å². The van der Waals surface area contributed by atoms with Crippen LogP contribution in [0.5, 0.6) is 0 Å². The molecule has 1 aliphatic heterocycles. The van der Waals surface area contributed by atoms with Gasteiger partial charge in [0.05, 0.1) is 12.1 Å². The first-order chi connectivity index (χ1) is 9.16. The van der Waals surface area contributed by atoms with E-state index in [0.717, 1.165) is 31.6 Å². The van der Waals surface area contributed by atoms with Crippen molar-refractivity contribution in [2.24, 2.45) is 0 Å². The molecule has 0 aliphatic carbocycles. The highest BCUT2D eigenvalue weighted by molar-refractivity contribution is 7.17. The summed E-state index contributed by atoms with van der Waals surface area (Å²) in [5.74, 6) is 0.698. The van der Waals surface area contributed by atoms with Crippen LogP contribution in [-0.4, -0.2) is 28.7 Å². The molecule has 2 aromatic rings. The predicted molar refractivity (Wildman–Crippen MR) is 75.5 cm³/mol. The molecular formula is C13H17N3O2S. The number of fused-ring (bicyclic) bond motifs is 1. The van der Waals surface area contributed by atoms with Gasteiger partial charge in [-0.1, -0.05) is 0 Å². The summed E-state index contributed by atoms with van der Waals surface area (Å²) >= 11 is 1.42. The van der Waals surface area contributed by atoms with E-state index in [-0.39, 0.29) is 11.1 Å². The summed E-state index contributed by atoms with van der Waals surface area (Å²) in [5, 5.41) is 5.38. The number of nitrogens with zero attached hydrogens (tertiary/aromatic N) is 1. The Hall–Kier alpha value is -1.24. The van der Waals surface area contributed by atoms with Crippen LogP contribution in [0.25, 0.3) is 10.2 Å². The van der Waals surface area contributed by atoms with Crippen molar-refractivity contribution in [1.29, 1.82) is 0 Å². The van der Waals surface area contributed by atoms with Gasteiger partial charge in [-0.15, -0.1) is 11.3 Å². The van der Waals surface area contributed by atoms with Crippen LogP contribution in [0.3, 0.4) is 0 Å². The summed E-state index contributed by atoms with van der Waals surface area (Å²) < 4.78 is 6.07. The molecule has 2 N–H and O–H groups in total.